The number of nitrogens with one attached hydrogen (secondary N) is 1. The molecule has 2 aromatic carbocycles. The molecule has 0 bridgehead atoms. The molecular formula is C16H17BrFN. The van der Waals surface area contributed by atoms with Crippen LogP contribution in [-0.4, -0.2) is 6.04 Å². The second kappa shape index (κ2) is 6.31. The minimum atomic E-state index is -0.198. The summed E-state index contributed by atoms with van der Waals surface area (Å²) >= 11 is 3.37. The fraction of sp³-hybridized carbons (Fsp3) is 0.250. The Morgan fingerprint density at radius 2 is 1.79 bits per heavy atom. The largest absolute Gasteiger partial charge is 0.310 e. The molecule has 19 heavy (non-hydrogen) atoms. The van der Waals surface area contributed by atoms with E-state index < -0.39 is 0 Å². The molecule has 100 valence electrons. The minimum absolute atomic E-state index is 0.198. The van der Waals surface area contributed by atoms with Crippen molar-refractivity contribution in [1.29, 1.82) is 0 Å². The van der Waals surface area contributed by atoms with Crippen LogP contribution in [0.25, 0.3) is 11.1 Å². The lowest BCUT2D eigenvalue weighted by atomic mass is 10.0. The number of halogens is 2. The van der Waals surface area contributed by atoms with Gasteiger partial charge in [-0.2, -0.15) is 0 Å². The van der Waals surface area contributed by atoms with Crippen molar-refractivity contribution >= 4 is 15.9 Å². The quantitative estimate of drug-likeness (QED) is 0.856. The van der Waals surface area contributed by atoms with Crippen molar-refractivity contribution in [3.63, 3.8) is 0 Å². The number of hydrogen-bond donors (Lipinski definition) is 1. The van der Waals surface area contributed by atoms with Gasteiger partial charge in [0.25, 0.3) is 0 Å². The maximum Gasteiger partial charge on any atom is 0.131 e. The number of hydrogen-bond acceptors (Lipinski definition) is 1. The van der Waals surface area contributed by atoms with Crippen LogP contribution in [0.5, 0.6) is 0 Å². The van der Waals surface area contributed by atoms with Crippen molar-refractivity contribution in [2.75, 3.05) is 0 Å². The van der Waals surface area contributed by atoms with Gasteiger partial charge in [-0.15, -0.1) is 0 Å². The first-order valence-electron chi connectivity index (χ1n) is 6.34. The van der Waals surface area contributed by atoms with E-state index in [0.29, 0.717) is 11.6 Å². The van der Waals surface area contributed by atoms with Gasteiger partial charge in [-0.3, -0.25) is 0 Å². The molecule has 2 aromatic rings. The highest BCUT2D eigenvalue weighted by Crippen LogP contribution is 2.26. The van der Waals surface area contributed by atoms with Crippen LogP contribution in [0.4, 0.5) is 4.39 Å². The summed E-state index contributed by atoms with van der Waals surface area (Å²) in [5, 5.41) is 3.36. The zero-order valence-corrected chi connectivity index (χ0v) is 12.7. The lowest BCUT2D eigenvalue weighted by Gasteiger charge is -2.09. The molecule has 2 rings (SSSR count). The Morgan fingerprint density at radius 3 is 2.42 bits per heavy atom. The molecule has 0 atom stereocenters. The van der Waals surface area contributed by atoms with E-state index in [1.54, 1.807) is 12.1 Å². The van der Waals surface area contributed by atoms with Crippen LogP contribution in [0, 0.1) is 5.82 Å². The smallest absolute Gasteiger partial charge is 0.131 e. The van der Waals surface area contributed by atoms with Crippen LogP contribution in [0.15, 0.2) is 46.9 Å². The normalized spacial score (nSPS) is 11.0. The molecular weight excluding hydrogens is 305 g/mol. The van der Waals surface area contributed by atoms with Crippen LogP contribution in [-0.2, 0) is 6.54 Å². The first kappa shape index (κ1) is 14.2. The first-order chi connectivity index (χ1) is 9.06. The van der Waals surface area contributed by atoms with E-state index in [4.69, 9.17) is 0 Å². The van der Waals surface area contributed by atoms with E-state index in [1.807, 2.05) is 24.3 Å². The number of benzene rings is 2. The molecule has 0 fully saturated rings. The standard InChI is InChI=1S/C16H17BrFN/c1-11(2)19-10-12-3-5-13(6-4-12)15-9-14(17)7-8-16(15)18/h3-9,11,19H,10H2,1-2H3. The maximum absolute atomic E-state index is 13.8. The van der Waals surface area contributed by atoms with Gasteiger partial charge in [-0.1, -0.05) is 54.0 Å². The molecule has 0 heterocycles. The van der Waals surface area contributed by atoms with Crippen molar-refractivity contribution in [3.05, 3.63) is 58.3 Å². The predicted octanol–water partition coefficient (Wildman–Crippen LogP) is 4.75. The van der Waals surface area contributed by atoms with Crippen LogP contribution in [0.2, 0.25) is 0 Å². The highest BCUT2D eigenvalue weighted by Gasteiger charge is 2.05. The predicted molar refractivity (Wildman–Crippen MR) is 81.5 cm³/mol. The number of rotatable bonds is 4. The van der Waals surface area contributed by atoms with Gasteiger partial charge in [0, 0.05) is 22.6 Å². The van der Waals surface area contributed by atoms with Crippen molar-refractivity contribution in [2.45, 2.75) is 26.4 Å². The third-order valence-electron chi connectivity index (χ3n) is 2.91. The minimum Gasteiger partial charge on any atom is -0.310 e. The summed E-state index contributed by atoms with van der Waals surface area (Å²) in [6, 6.07) is 13.4. The summed E-state index contributed by atoms with van der Waals surface area (Å²) < 4.78 is 14.7. The highest BCUT2D eigenvalue weighted by atomic mass is 79.9. The SMILES string of the molecule is CC(C)NCc1ccc(-c2cc(Br)ccc2F)cc1. The molecule has 0 amide bonds. The van der Waals surface area contributed by atoms with Crippen LogP contribution in [0.3, 0.4) is 0 Å². The summed E-state index contributed by atoms with van der Waals surface area (Å²) in [7, 11) is 0. The third kappa shape index (κ3) is 3.88. The van der Waals surface area contributed by atoms with Crippen LogP contribution in [0.1, 0.15) is 19.4 Å². The molecule has 0 aliphatic rings. The van der Waals surface area contributed by atoms with Gasteiger partial charge in [0.2, 0.25) is 0 Å². The van der Waals surface area contributed by atoms with E-state index in [9.17, 15) is 4.39 Å². The Bertz CT molecular complexity index is 549. The van der Waals surface area contributed by atoms with Gasteiger partial charge >= 0.3 is 0 Å². The van der Waals surface area contributed by atoms with E-state index in [0.717, 1.165) is 16.6 Å². The monoisotopic (exact) mass is 321 g/mol. The van der Waals surface area contributed by atoms with Gasteiger partial charge < -0.3 is 5.32 Å². The second-order valence-electron chi connectivity index (χ2n) is 4.86. The Labute approximate surface area is 122 Å². The van der Waals surface area contributed by atoms with Gasteiger partial charge in [0.15, 0.2) is 0 Å². The third-order valence-corrected chi connectivity index (χ3v) is 3.40. The Hall–Kier alpha value is -1.19. The van der Waals surface area contributed by atoms with E-state index >= 15 is 0 Å². The summed E-state index contributed by atoms with van der Waals surface area (Å²) in [6.45, 7) is 5.06. The van der Waals surface area contributed by atoms with Crippen molar-refractivity contribution in [1.82, 2.24) is 5.32 Å². The molecule has 0 aliphatic carbocycles. The van der Waals surface area contributed by atoms with E-state index in [1.165, 1.54) is 11.6 Å². The van der Waals surface area contributed by atoms with Crippen molar-refractivity contribution < 1.29 is 4.39 Å². The summed E-state index contributed by atoms with van der Waals surface area (Å²) in [5.74, 6) is -0.198. The van der Waals surface area contributed by atoms with E-state index in [2.05, 4.69) is 35.1 Å². The first-order valence-corrected chi connectivity index (χ1v) is 7.13. The van der Waals surface area contributed by atoms with Gasteiger partial charge in [0.05, 0.1) is 0 Å². The fourth-order valence-corrected chi connectivity index (χ4v) is 2.20. The topological polar surface area (TPSA) is 12.0 Å². The van der Waals surface area contributed by atoms with Gasteiger partial charge in [-0.05, 0) is 29.3 Å². The second-order valence-corrected chi connectivity index (χ2v) is 5.77. The zero-order valence-electron chi connectivity index (χ0n) is 11.1. The molecule has 0 aliphatic heterocycles. The van der Waals surface area contributed by atoms with Crippen LogP contribution < -0.4 is 5.32 Å². The fourth-order valence-electron chi connectivity index (χ4n) is 1.84. The van der Waals surface area contributed by atoms with Gasteiger partial charge in [0.1, 0.15) is 5.82 Å². The molecule has 0 radical (unpaired) electrons. The molecule has 0 aromatic heterocycles. The van der Waals surface area contributed by atoms with E-state index in [-0.39, 0.29) is 5.82 Å². The lowest BCUT2D eigenvalue weighted by molar-refractivity contribution is 0.589. The molecule has 1 nitrogen and oxygen atoms in total. The Balaban J connectivity index is 2.20. The average Bonchev–Trinajstić information content (AvgIpc) is 2.40. The highest BCUT2D eigenvalue weighted by molar-refractivity contribution is 9.10. The Morgan fingerprint density at radius 1 is 1.11 bits per heavy atom. The molecule has 3 heteroatoms. The molecule has 0 spiro atoms. The molecule has 0 saturated heterocycles. The van der Waals surface area contributed by atoms with Gasteiger partial charge in [-0.25, -0.2) is 4.39 Å². The lowest BCUT2D eigenvalue weighted by Crippen LogP contribution is -2.21. The Kier molecular flexibility index (Phi) is 4.72. The molecule has 0 unspecified atom stereocenters. The van der Waals surface area contributed by atoms with Crippen molar-refractivity contribution in [2.24, 2.45) is 0 Å². The zero-order chi connectivity index (χ0) is 13.8. The molecule has 0 saturated carbocycles. The summed E-state index contributed by atoms with van der Waals surface area (Å²) in [5.41, 5.74) is 2.72. The summed E-state index contributed by atoms with van der Waals surface area (Å²) in [6.07, 6.45) is 0. The average molecular weight is 322 g/mol. The molecule has 1 N–H and O–H groups in total. The van der Waals surface area contributed by atoms with Crippen molar-refractivity contribution in [3.8, 4) is 11.1 Å². The summed E-state index contributed by atoms with van der Waals surface area (Å²) in [4.78, 5) is 0. The maximum atomic E-state index is 13.8. The van der Waals surface area contributed by atoms with Crippen LogP contribution >= 0.6 is 15.9 Å².